The van der Waals surface area contributed by atoms with Crippen molar-refractivity contribution in [3.8, 4) is 11.5 Å². The summed E-state index contributed by atoms with van der Waals surface area (Å²) in [4.78, 5) is 27.1. The number of aryl methyl sites for hydroxylation is 3. The molecule has 0 radical (unpaired) electrons. The third-order valence-electron chi connectivity index (χ3n) is 4.90. The number of hydrogen-bond acceptors (Lipinski definition) is 9. The van der Waals surface area contributed by atoms with E-state index in [-0.39, 0.29) is 0 Å². The van der Waals surface area contributed by atoms with Gasteiger partial charge in [0.25, 0.3) is 0 Å². The first kappa shape index (κ1) is 17.2. The molecule has 1 aliphatic carbocycles. The van der Waals surface area contributed by atoms with Crippen molar-refractivity contribution in [3.63, 3.8) is 0 Å². The summed E-state index contributed by atoms with van der Waals surface area (Å²) < 4.78 is 5.12. The van der Waals surface area contributed by atoms with Crippen molar-refractivity contribution >= 4 is 27.4 Å². The van der Waals surface area contributed by atoms with Crippen LogP contribution in [0.3, 0.4) is 0 Å². The molecule has 4 aromatic heterocycles. The molecule has 0 saturated heterocycles. The number of rotatable bonds is 4. The minimum absolute atomic E-state index is 0.508. The van der Waals surface area contributed by atoms with Crippen molar-refractivity contribution in [3.05, 3.63) is 40.7 Å². The molecule has 8 nitrogen and oxygen atoms in total. The fraction of sp³-hybridized carbons (Fsp3) is 0.368. The number of hydrogen-bond donors (Lipinski definition) is 0. The van der Waals surface area contributed by atoms with E-state index < -0.39 is 0 Å². The lowest BCUT2D eigenvalue weighted by Crippen LogP contribution is -2.20. The average molecular weight is 393 g/mol. The van der Waals surface area contributed by atoms with Crippen molar-refractivity contribution in [2.75, 3.05) is 11.9 Å². The zero-order chi connectivity index (χ0) is 19.1. The summed E-state index contributed by atoms with van der Waals surface area (Å²) in [6.45, 7) is 2.30. The van der Waals surface area contributed by atoms with Gasteiger partial charge in [-0.3, -0.25) is 4.98 Å². The fourth-order valence-electron chi connectivity index (χ4n) is 3.64. The van der Waals surface area contributed by atoms with Gasteiger partial charge in [-0.05, 0) is 31.2 Å². The van der Waals surface area contributed by atoms with Gasteiger partial charge in [0.2, 0.25) is 5.89 Å². The Morgan fingerprint density at radius 1 is 1.14 bits per heavy atom. The lowest BCUT2D eigenvalue weighted by atomic mass is 9.97. The van der Waals surface area contributed by atoms with E-state index in [4.69, 9.17) is 14.5 Å². The highest BCUT2D eigenvalue weighted by Crippen LogP contribution is 2.40. The second-order valence-corrected chi connectivity index (χ2v) is 8.02. The molecular weight excluding hydrogens is 374 g/mol. The molecule has 28 heavy (non-hydrogen) atoms. The highest BCUT2D eigenvalue weighted by Gasteiger charge is 2.24. The number of thiophene rings is 1. The molecule has 1 aliphatic rings. The minimum Gasteiger partial charge on any atom is -0.351 e. The molecule has 0 fully saturated rings. The summed E-state index contributed by atoms with van der Waals surface area (Å²) in [5.74, 6) is 2.67. The minimum atomic E-state index is 0.508. The first-order valence-electron chi connectivity index (χ1n) is 9.28. The summed E-state index contributed by atoms with van der Waals surface area (Å²) in [5.41, 5.74) is 2.06. The predicted molar refractivity (Wildman–Crippen MR) is 106 cm³/mol. The largest absolute Gasteiger partial charge is 0.351 e. The Balaban J connectivity index is 1.66. The van der Waals surface area contributed by atoms with Crippen LogP contribution in [0, 0.1) is 6.92 Å². The second kappa shape index (κ2) is 6.90. The number of nitrogens with zero attached hydrogens (tertiary/aromatic N) is 7. The predicted octanol–water partition coefficient (Wildman–Crippen LogP) is 3.35. The number of fused-ring (bicyclic) bond motifs is 3. The van der Waals surface area contributed by atoms with Crippen LogP contribution in [0.15, 0.2) is 23.1 Å². The van der Waals surface area contributed by atoms with Gasteiger partial charge in [0.05, 0.1) is 18.1 Å². The van der Waals surface area contributed by atoms with Crippen molar-refractivity contribution in [1.29, 1.82) is 0 Å². The van der Waals surface area contributed by atoms with E-state index in [1.165, 1.54) is 23.3 Å². The average Bonchev–Trinajstić information content (AvgIpc) is 3.30. The zero-order valence-electron chi connectivity index (χ0n) is 15.7. The van der Waals surface area contributed by atoms with E-state index in [0.717, 1.165) is 28.9 Å². The second-order valence-electron chi connectivity index (χ2n) is 6.94. The third kappa shape index (κ3) is 3.01. The van der Waals surface area contributed by atoms with Crippen molar-refractivity contribution in [2.24, 2.45) is 0 Å². The summed E-state index contributed by atoms with van der Waals surface area (Å²) >= 11 is 1.77. The van der Waals surface area contributed by atoms with Gasteiger partial charge in [0.1, 0.15) is 16.3 Å². The maximum Gasteiger partial charge on any atom is 0.223 e. The van der Waals surface area contributed by atoms with E-state index in [1.807, 2.05) is 7.05 Å². The van der Waals surface area contributed by atoms with E-state index in [1.54, 1.807) is 36.9 Å². The molecule has 4 heterocycles. The van der Waals surface area contributed by atoms with Crippen LogP contribution >= 0.6 is 11.3 Å². The highest BCUT2D eigenvalue weighted by atomic mass is 32.1. The van der Waals surface area contributed by atoms with Gasteiger partial charge in [0.15, 0.2) is 11.6 Å². The van der Waals surface area contributed by atoms with Crippen LogP contribution in [0.5, 0.6) is 0 Å². The summed E-state index contributed by atoms with van der Waals surface area (Å²) in [6.07, 6.45) is 9.64. The Labute approximate surface area is 165 Å². The molecule has 0 amide bonds. The fourth-order valence-corrected chi connectivity index (χ4v) is 4.89. The normalized spacial score (nSPS) is 13.6. The molecule has 0 atom stereocenters. The Morgan fingerprint density at radius 3 is 2.82 bits per heavy atom. The van der Waals surface area contributed by atoms with Crippen molar-refractivity contribution in [1.82, 2.24) is 30.1 Å². The molecule has 9 heteroatoms. The molecule has 0 N–H and O–H groups in total. The highest BCUT2D eigenvalue weighted by molar-refractivity contribution is 7.19. The molecule has 5 rings (SSSR count). The Morgan fingerprint density at radius 2 is 2.04 bits per heavy atom. The number of anilines is 1. The summed E-state index contributed by atoms with van der Waals surface area (Å²) in [6, 6.07) is 0. The van der Waals surface area contributed by atoms with Gasteiger partial charge in [-0.15, -0.1) is 11.3 Å². The Kier molecular flexibility index (Phi) is 4.23. The van der Waals surface area contributed by atoms with Crippen LogP contribution in [0.1, 0.15) is 35.0 Å². The van der Waals surface area contributed by atoms with Crippen LogP contribution in [-0.2, 0) is 19.4 Å². The molecule has 0 saturated carbocycles. The molecule has 0 spiro atoms. The van der Waals surface area contributed by atoms with Gasteiger partial charge in [-0.2, -0.15) is 4.98 Å². The first-order valence-corrected chi connectivity index (χ1v) is 10.1. The van der Waals surface area contributed by atoms with Gasteiger partial charge in [-0.25, -0.2) is 15.0 Å². The van der Waals surface area contributed by atoms with Crippen molar-refractivity contribution in [2.45, 2.75) is 39.2 Å². The molecular formula is C19H19N7OS. The lowest BCUT2D eigenvalue weighted by molar-refractivity contribution is 0.387. The molecule has 0 aliphatic heterocycles. The van der Waals surface area contributed by atoms with Crippen LogP contribution < -0.4 is 4.90 Å². The molecule has 0 bridgehead atoms. The molecule has 4 aromatic rings. The van der Waals surface area contributed by atoms with E-state index >= 15 is 0 Å². The maximum absolute atomic E-state index is 5.12. The summed E-state index contributed by atoms with van der Waals surface area (Å²) in [7, 11) is 2.00. The third-order valence-corrected chi connectivity index (χ3v) is 6.08. The standard InChI is InChI=1S/C19H19N7OS/c1-11-22-15(25-27-11)10-26(2)18-16-12-5-3-4-6-14(12)28-19(16)24-17(23-18)13-9-20-7-8-21-13/h7-9H,3-6,10H2,1-2H3. The van der Waals surface area contributed by atoms with Crippen molar-refractivity contribution < 1.29 is 4.52 Å². The van der Waals surface area contributed by atoms with Crippen LogP contribution in [0.25, 0.3) is 21.7 Å². The molecule has 0 unspecified atom stereocenters. The maximum atomic E-state index is 5.12. The quantitative estimate of drug-likeness (QED) is 0.521. The van der Waals surface area contributed by atoms with Crippen LogP contribution in [-0.4, -0.2) is 37.1 Å². The Hall–Kier alpha value is -2.94. The van der Waals surface area contributed by atoms with E-state index in [2.05, 4.69) is 25.0 Å². The van der Waals surface area contributed by atoms with Gasteiger partial charge in [-0.1, -0.05) is 5.16 Å². The summed E-state index contributed by atoms with van der Waals surface area (Å²) in [5, 5.41) is 5.17. The number of aromatic nitrogens is 6. The van der Waals surface area contributed by atoms with Gasteiger partial charge >= 0.3 is 0 Å². The van der Waals surface area contributed by atoms with E-state index in [9.17, 15) is 0 Å². The van der Waals surface area contributed by atoms with Gasteiger partial charge < -0.3 is 9.42 Å². The zero-order valence-corrected chi connectivity index (χ0v) is 16.5. The van der Waals surface area contributed by atoms with E-state index in [0.29, 0.717) is 29.8 Å². The van der Waals surface area contributed by atoms with Gasteiger partial charge in [0, 0.05) is 31.2 Å². The monoisotopic (exact) mass is 393 g/mol. The smallest absolute Gasteiger partial charge is 0.223 e. The molecule has 0 aromatic carbocycles. The van der Waals surface area contributed by atoms with Crippen LogP contribution in [0.2, 0.25) is 0 Å². The Bertz CT molecular complexity index is 1140. The first-order chi connectivity index (χ1) is 13.7. The SMILES string of the molecule is Cc1nc(CN(C)c2nc(-c3cnccn3)nc3sc4c(c23)CCCC4)no1. The lowest BCUT2D eigenvalue weighted by Gasteiger charge is -2.19. The topological polar surface area (TPSA) is 93.7 Å². The van der Waals surface area contributed by atoms with Crippen LogP contribution in [0.4, 0.5) is 5.82 Å². The molecule has 142 valence electrons.